The average Bonchev–Trinajstić information content (AvgIpc) is 2.31. The van der Waals surface area contributed by atoms with Crippen LogP contribution in [-0.4, -0.2) is 32.3 Å². The van der Waals surface area contributed by atoms with Gasteiger partial charge in [-0.1, -0.05) is 0 Å². The number of hydrogen-bond donors (Lipinski definition) is 3. The predicted octanol–water partition coefficient (Wildman–Crippen LogP) is 0.591. The summed E-state index contributed by atoms with van der Waals surface area (Å²) < 4.78 is 0. The molecule has 1 fully saturated rings. The molecule has 0 aromatic carbocycles. The number of hydrazine groups is 1. The van der Waals surface area contributed by atoms with Crippen LogP contribution in [0.15, 0.2) is 0 Å². The number of nitrogens with two attached hydrogens (primary N) is 2. The van der Waals surface area contributed by atoms with Crippen molar-refractivity contribution in [1.82, 2.24) is 5.01 Å². The molecule has 0 aromatic heterocycles. The fraction of sp³-hybridized carbons (Fsp3) is 1.00. The standard InChI is InChI=1S/C11H25N3O/c1-8(2)11(6,14(8)13)7-10(5,12)9(3,4)15/h15H,7,12-13H2,1-6H3. The first-order valence-corrected chi connectivity index (χ1v) is 5.42. The van der Waals surface area contributed by atoms with Gasteiger partial charge < -0.3 is 10.8 Å². The van der Waals surface area contributed by atoms with E-state index in [9.17, 15) is 5.11 Å². The van der Waals surface area contributed by atoms with Crippen molar-refractivity contribution < 1.29 is 5.11 Å². The van der Waals surface area contributed by atoms with Crippen LogP contribution in [0.4, 0.5) is 0 Å². The van der Waals surface area contributed by atoms with Gasteiger partial charge in [-0.15, -0.1) is 0 Å². The maximum Gasteiger partial charge on any atom is 0.0768 e. The van der Waals surface area contributed by atoms with E-state index in [1.165, 1.54) is 0 Å². The summed E-state index contributed by atoms with van der Waals surface area (Å²) in [6.07, 6.45) is 0.674. The summed E-state index contributed by atoms with van der Waals surface area (Å²) in [6.45, 7) is 11.6. The van der Waals surface area contributed by atoms with Crippen molar-refractivity contribution in [1.29, 1.82) is 0 Å². The van der Waals surface area contributed by atoms with Crippen molar-refractivity contribution in [3.8, 4) is 0 Å². The van der Waals surface area contributed by atoms with E-state index >= 15 is 0 Å². The quantitative estimate of drug-likeness (QED) is 0.476. The minimum absolute atomic E-state index is 0.0428. The highest BCUT2D eigenvalue weighted by atomic mass is 16.3. The summed E-state index contributed by atoms with van der Waals surface area (Å²) in [4.78, 5) is 0. The molecule has 0 amide bonds. The lowest BCUT2D eigenvalue weighted by Crippen LogP contribution is -2.57. The van der Waals surface area contributed by atoms with Gasteiger partial charge in [-0.05, 0) is 48.0 Å². The van der Waals surface area contributed by atoms with Crippen LogP contribution in [0.1, 0.15) is 48.0 Å². The highest BCUT2D eigenvalue weighted by molar-refractivity contribution is 5.22. The Morgan fingerprint density at radius 3 is 1.73 bits per heavy atom. The van der Waals surface area contributed by atoms with Crippen LogP contribution >= 0.6 is 0 Å². The molecule has 0 radical (unpaired) electrons. The lowest BCUT2D eigenvalue weighted by molar-refractivity contribution is -0.00474. The Labute approximate surface area is 92.6 Å². The molecule has 1 heterocycles. The second kappa shape index (κ2) is 2.94. The van der Waals surface area contributed by atoms with Crippen LogP contribution in [0.3, 0.4) is 0 Å². The highest BCUT2D eigenvalue weighted by Gasteiger charge is 2.67. The molecule has 1 aliphatic rings. The second-order valence-electron chi connectivity index (χ2n) is 6.36. The normalized spacial score (nSPS) is 38.6. The van der Waals surface area contributed by atoms with E-state index in [0.29, 0.717) is 6.42 Å². The van der Waals surface area contributed by atoms with Crippen LogP contribution in [0.5, 0.6) is 0 Å². The Hall–Kier alpha value is -0.160. The maximum atomic E-state index is 10.0. The molecular formula is C11H25N3O. The van der Waals surface area contributed by atoms with E-state index in [-0.39, 0.29) is 11.1 Å². The molecule has 0 aromatic rings. The van der Waals surface area contributed by atoms with E-state index in [0.717, 1.165) is 0 Å². The Kier molecular flexibility index (Phi) is 2.53. The summed E-state index contributed by atoms with van der Waals surface area (Å²) >= 11 is 0. The zero-order chi connectivity index (χ0) is 12.3. The number of hydrogen-bond acceptors (Lipinski definition) is 4. The van der Waals surface area contributed by atoms with E-state index in [2.05, 4.69) is 20.8 Å². The molecule has 15 heavy (non-hydrogen) atoms. The summed E-state index contributed by atoms with van der Waals surface area (Å²) in [5.41, 5.74) is 4.45. The molecule has 3 unspecified atom stereocenters. The third-order valence-electron chi connectivity index (χ3n) is 4.51. The molecule has 4 heteroatoms. The van der Waals surface area contributed by atoms with Gasteiger partial charge in [0.25, 0.3) is 0 Å². The fourth-order valence-electron chi connectivity index (χ4n) is 2.09. The fourth-order valence-corrected chi connectivity index (χ4v) is 2.09. The first-order valence-electron chi connectivity index (χ1n) is 5.42. The SMILES string of the molecule is CC(C)(O)C(C)(N)CC1(C)N(N)C1(C)C. The lowest BCUT2D eigenvalue weighted by Gasteiger charge is -2.39. The molecule has 90 valence electrons. The summed E-state index contributed by atoms with van der Waals surface area (Å²) in [6, 6.07) is 0. The van der Waals surface area contributed by atoms with Gasteiger partial charge in [0, 0.05) is 11.1 Å². The minimum Gasteiger partial charge on any atom is -0.389 e. The average molecular weight is 215 g/mol. The van der Waals surface area contributed by atoms with Crippen LogP contribution in [0, 0.1) is 0 Å². The predicted molar refractivity (Wildman–Crippen MR) is 62.0 cm³/mol. The molecule has 5 N–H and O–H groups in total. The monoisotopic (exact) mass is 215 g/mol. The van der Waals surface area contributed by atoms with E-state index in [1.54, 1.807) is 13.8 Å². The molecular weight excluding hydrogens is 190 g/mol. The van der Waals surface area contributed by atoms with Gasteiger partial charge in [0.15, 0.2) is 0 Å². The van der Waals surface area contributed by atoms with Gasteiger partial charge >= 0.3 is 0 Å². The minimum atomic E-state index is -0.907. The van der Waals surface area contributed by atoms with Crippen LogP contribution in [0.2, 0.25) is 0 Å². The zero-order valence-corrected chi connectivity index (χ0v) is 10.8. The second-order valence-corrected chi connectivity index (χ2v) is 6.36. The first kappa shape index (κ1) is 12.9. The largest absolute Gasteiger partial charge is 0.389 e. The van der Waals surface area contributed by atoms with E-state index in [1.807, 2.05) is 11.9 Å². The molecule has 1 rings (SSSR count). The molecule has 1 aliphatic heterocycles. The number of nitrogens with zero attached hydrogens (tertiary/aromatic N) is 1. The van der Waals surface area contributed by atoms with Gasteiger partial charge in [-0.25, -0.2) is 5.01 Å². The van der Waals surface area contributed by atoms with E-state index in [4.69, 9.17) is 11.6 Å². The molecule has 1 saturated heterocycles. The van der Waals surface area contributed by atoms with Crippen LogP contribution in [-0.2, 0) is 0 Å². The molecule has 0 spiro atoms. The zero-order valence-electron chi connectivity index (χ0n) is 10.8. The van der Waals surface area contributed by atoms with Gasteiger partial charge in [0.2, 0.25) is 0 Å². The van der Waals surface area contributed by atoms with Crippen molar-refractivity contribution in [2.45, 2.75) is 70.2 Å². The first-order chi connectivity index (χ1) is 6.36. The van der Waals surface area contributed by atoms with Crippen LogP contribution < -0.4 is 11.6 Å². The van der Waals surface area contributed by atoms with Gasteiger partial charge in [0.05, 0.1) is 11.1 Å². The highest BCUT2D eigenvalue weighted by Crippen LogP contribution is 2.52. The molecule has 4 nitrogen and oxygen atoms in total. The Morgan fingerprint density at radius 1 is 1.20 bits per heavy atom. The van der Waals surface area contributed by atoms with Crippen molar-refractivity contribution in [2.24, 2.45) is 11.6 Å². The van der Waals surface area contributed by atoms with Gasteiger partial charge in [0.1, 0.15) is 0 Å². The van der Waals surface area contributed by atoms with Crippen molar-refractivity contribution in [3.05, 3.63) is 0 Å². The van der Waals surface area contributed by atoms with Crippen LogP contribution in [0.25, 0.3) is 0 Å². The van der Waals surface area contributed by atoms with Gasteiger partial charge in [-0.2, -0.15) is 0 Å². The van der Waals surface area contributed by atoms with E-state index < -0.39 is 11.1 Å². The molecule has 0 bridgehead atoms. The van der Waals surface area contributed by atoms with Crippen molar-refractivity contribution in [3.63, 3.8) is 0 Å². The Bertz CT molecular complexity index is 252. The Balaban J connectivity index is 2.81. The topological polar surface area (TPSA) is 75.3 Å². The number of rotatable bonds is 3. The maximum absolute atomic E-state index is 10.0. The Morgan fingerprint density at radius 2 is 1.53 bits per heavy atom. The summed E-state index contributed by atoms with van der Waals surface area (Å²) in [5, 5.41) is 11.8. The van der Waals surface area contributed by atoms with Crippen molar-refractivity contribution in [2.75, 3.05) is 0 Å². The molecule has 3 atom stereocenters. The smallest absolute Gasteiger partial charge is 0.0768 e. The summed E-state index contributed by atoms with van der Waals surface area (Å²) in [7, 11) is 0. The third-order valence-corrected chi connectivity index (χ3v) is 4.51. The lowest BCUT2D eigenvalue weighted by atomic mass is 9.75. The number of aliphatic hydroxyl groups is 1. The third kappa shape index (κ3) is 1.69. The van der Waals surface area contributed by atoms with Gasteiger partial charge in [-0.3, -0.25) is 5.84 Å². The molecule has 0 saturated carbocycles. The molecule has 0 aliphatic carbocycles. The van der Waals surface area contributed by atoms with Crippen molar-refractivity contribution >= 4 is 0 Å². The summed E-state index contributed by atoms with van der Waals surface area (Å²) in [5.74, 6) is 5.93.